The second kappa shape index (κ2) is 2.78. The topological polar surface area (TPSA) is 75.6 Å². The van der Waals surface area contributed by atoms with Gasteiger partial charge in [0.1, 0.15) is 0 Å². The Bertz CT molecular complexity index is 263. The summed E-state index contributed by atoms with van der Waals surface area (Å²) in [5.41, 5.74) is 5.92. The van der Waals surface area contributed by atoms with E-state index in [9.17, 15) is 0 Å². The highest BCUT2D eigenvalue weighted by molar-refractivity contribution is 5.18. The molecule has 1 aromatic rings. The summed E-state index contributed by atoms with van der Waals surface area (Å²) in [6.07, 6.45) is 1.82. The van der Waals surface area contributed by atoms with Crippen molar-refractivity contribution in [2.75, 3.05) is 5.73 Å². The number of nitriles is 1. The van der Waals surface area contributed by atoms with Gasteiger partial charge in [-0.1, -0.05) is 0 Å². The average molecular weight is 134 g/mol. The van der Waals surface area contributed by atoms with Gasteiger partial charge in [-0.15, -0.1) is 0 Å². The molecule has 2 N–H and O–H groups in total. The van der Waals surface area contributed by atoms with Crippen LogP contribution < -0.4 is 5.73 Å². The van der Waals surface area contributed by atoms with Crippen molar-refractivity contribution in [1.82, 2.24) is 9.97 Å². The first-order valence-electron chi connectivity index (χ1n) is 2.77. The minimum Gasteiger partial charge on any atom is -0.368 e. The van der Waals surface area contributed by atoms with Crippen molar-refractivity contribution in [1.29, 1.82) is 5.26 Å². The summed E-state index contributed by atoms with van der Waals surface area (Å²) >= 11 is 0. The van der Waals surface area contributed by atoms with Crippen LogP contribution in [0.25, 0.3) is 0 Å². The summed E-state index contributed by atoms with van der Waals surface area (Å²) in [5.74, 6) is 0.216. The number of nitrogen functional groups attached to an aromatic ring is 1. The number of nitrogens with zero attached hydrogens (tertiary/aromatic N) is 3. The van der Waals surface area contributed by atoms with E-state index >= 15 is 0 Å². The quantitative estimate of drug-likeness (QED) is 0.592. The Hall–Kier alpha value is -1.63. The van der Waals surface area contributed by atoms with E-state index in [-0.39, 0.29) is 12.4 Å². The van der Waals surface area contributed by atoms with E-state index in [1.807, 2.05) is 6.07 Å². The van der Waals surface area contributed by atoms with Crippen LogP contribution in [0, 0.1) is 11.3 Å². The lowest BCUT2D eigenvalue weighted by atomic mass is 10.3. The highest BCUT2D eigenvalue weighted by Crippen LogP contribution is 1.95. The van der Waals surface area contributed by atoms with Gasteiger partial charge in [0.15, 0.2) is 0 Å². The lowest BCUT2D eigenvalue weighted by Gasteiger charge is -1.92. The van der Waals surface area contributed by atoms with Gasteiger partial charge >= 0.3 is 0 Å². The van der Waals surface area contributed by atoms with Crippen LogP contribution in [-0.2, 0) is 6.42 Å². The number of hydrogen-bond donors (Lipinski definition) is 1. The van der Waals surface area contributed by atoms with Gasteiger partial charge in [-0.25, -0.2) is 9.97 Å². The molecule has 0 aliphatic heterocycles. The van der Waals surface area contributed by atoms with Crippen LogP contribution in [0.2, 0.25) is 0 Å². The molecule has 0 saturated heterocycles. The predicted octanol–water partition coefficient (Wildman–Crippen LogP) is 0.125. The van der Waals surface area contributed by atoms with Crippen molar-refractivity contribution < 1.29 is 0 Å². The number of rotatable bonds is 1. The first-order valence-corrected chi connectivity index (χ1v) is 2.77. The summed E-state index contributed by atoms with van der Waals surface area (Å²) in [5, 5.41) is 8.26. The third kappa shape index (κ3) is 1.42. The molecule has 4 nitrogen and oxygen atoms in total. The van der Waals surface area contributed by atoms with Crippen LogP contribution in [0.4, 0.5) is 5.95 Å². The summed E-state index contributed by atoms with van der Waals surface area (Å²) in [4.78, 5) is 7.49. The molecule has 0 aromatic carbocycles. The van der Waals surface area contributed by atoms with Crippen LogP contribution >= 0.6 is 0 Å². The van der Waals surface area contributed by atoms with Gasteiger partial charge in [0.2, 0.25) is 5.95 Å². The summed E-state index contributed by atoms with van der Waals surface area (Å²) in [6.45, 7) is 0. The van der Waals surface area contributed by atoms with Gasteiger partial charge in [-0.2, -0.15) is 5.26 Å². The minimum absolute atomic E-state index is 0.216. The Morgan fingerprint density at radius 1 is 1.70 bits per heavy atom. The van der Waals surface area contributed by atoms with Crippen molar-refractivity contribution in [2.24, 2.45) is 0 Å². The summed E-state index contributed by atoms with van der Waals surface area (Å²) in [6, 6.07) is 3.63. The molecule has 4 heteroatoms. The second-order valence-electron chi connectivity index (χ2n) is 1.74. The molecule has 0 aliphatic rings. The molecule has 1 aromatic heterocycles. The Balaban J connectivity index is 2.87. The Morgan fingerprint density at radius 3 is 3.10 bits per heavy atom. The number of hydrogen-bond acceptors (Lipinski definition) is 4. The van der Waals surface area contributed by atoms with Crippen molar-refractivity contribution in [3.8, 4) is 6.07 Å². The fourth-order valence-corrected chi connectivity index (χ4v) is 0.592. The molecule has 10 heavy (non-hydrogen) atoms. The van der Waals surface area contributed by atoms with Gasteiger partial charge in [0.05, 0.1) is 18.2 Å². The molecule has 0 bridgehead atoms. The fourth-order valence-electron chi connectivity index (χ4n) is 0.592. The maximum atomic E-state index is 8.26. The Morgan fingerprint density at radius 2 is 2.50 bits per heavy atom. The highest BCUT2D eigenvalue weighted by atomic mass is 15.0. The van der Waals surface area contributed by atoms with Crippen molar-refractivity contribution in [3.63, 3.8) is 0 Å². The van der Waals surface area contributed by atoms with E-state index in [2.05, 4.69) is 9.97 Å². The molecule has 0 fully saturated rings. The van der Waals surface area contributed by atoms with Gasteiger partial charge in [0.25, 0.3) is 0 Å². The standard InChI is InChI=1S/C6H6N4/c7-3-1-5-2-4-9-6(8)10-5/h2,4H,1H2,(H2,8,9,10). The second-order valence-corrected chi connectivity index (χ2v) is 1.74. The molecule has 50 valence electrons. The molecule has 0 aliphatic carbocycles. The Labute approximate surface area is 58.3 Å². The molecule has 0 amide bonds. The van der Waals surface area contributed by atoms with E-state index in [0.717, 1.165) is 0 Å². The van der Waals surface area contributed by atoms with E-state index in [0.29, 0.717) is 5.69 Å². The Kier molecular flexibility index (Phi) is 1.80. The van der Waals surface area contributed by atoms with Crippen LogP contribution in [0.5, 0.6) is 0 Å². The number of aromatic nitrogens is 2. The van der Waals surface area contributed by atoms with Gasteiger partial charge in [-0.05, 0) is 6.07 Å². The summed E-state index contributed by atoms with van der Waals surface area (Å²) < 4.78 is 0. The lowest BCUT2D eigenvalue weighted by molar-refractivity contribution is 1.07. The smallest absolute Gasteiger partial charge is 0.220 e. The van der Waals surface area contributed by atoms with Gasteiger partial charge in [-0.3, -0.25) is 0 Å². The van der Waals surface area contributed by atoms with Crippen molar-refractivity contribution in [2.45, 2.75) is 6.42 Å². The zero-order chi connectivity index (χ0) is 7.40. The fraction of sp³-hybridized carbons (Fsp3) is 0.167. The van der Waals surface area contributed by atoms with Crippen molar-refractivity contribution in [3.05, 3.63) is 18.0 Å². The molecule has 1 rings (SSSR count). The first-order chi connectivity index (χ1) is 4.83. The normalized spacial score (nSPS) is 8.70. The number of anilines is 1. The van der Waals surface area contributed by atoms with E-state index in [1.165, 1.54) is 6.20 Å². The molecular formula is C6H6N4. The van der Waals surface area contributed by atoms with Gasteiger partial charge in [0, 0.05) is 6.20 Å². The van der Waals surface area contributed by atoms with Crippen LogP contribution in [-0.4, -0.2) is 9.97 Å². The lowest BCUT2D eigenvalue weighted by Crippen LogP contribution is -1.96. The van der Waals surface area contributed by atoms with Gasteiger partial charge < -0.3 is 5.73 Å². The monoisotopic (exact) mass is 134 g/mol. The van der Waals surface area contributed by atoms with Crippen molar-refractivity contribution >= 4 is 5.95 Å². The zero-order valence-corrected chi connectivity index (χ0v) is 5.28. The molecule has 0 radical (unpaired) electrons. The molecule has 1 heterocycles. The first kappa shape index (κ1) is 6.49. The van der Waals surface area contributed by atoms with Crippen LogP contribution in [0.1, 0.15) is 5.69 Å². The predicted molar refractivity (Wildman–Crippen MR) is 35.8 cm³/mol. The average Bonchev–Trinajstić information content (AvgIpc) is 1.88. The minimum atomic E-state index is 0.216. The molecule has 0 unspecified atom stereocenters. The maximum absolute atomic E-state index is 8.26. The zero-order valence-electron chi connectivity index (χ0n) is 5.28. The van der Waals surface area contributed by atoms with E-state index < -0.39 is 0 Å². The molecular weight excluding hydrogens is 128 g/mol. The molecule has 0 saturated carbocycles. The third-order valence-corrected chi connectivity index (χ3v) is 0.992. The molecule has 0 atom stereocenters. The third-order valence-electron chi connectivity index (χ3n) is 0.992. The summed E-state index contributed by atoms with van der Waals surface area (Å²) in [7, 11) is 0. The van der Waals surface area contributed by atoms with E-state index in [4.69, 9.17) is 11.0 Å². The van der Waals surface area contributed by atoms with Crippen LogP contribution in [0.3, 0.4) is 0 Å². The maximum Gasteiger partial charge on any atom is 0.220 e. The highest BCUT2D eigenvalue weighted by Gasteiger charge is 1.92. The SMILES string of the molecule is N#CCc1ccnc(N)n1. The number of nitrogens with two attached hydrogens (primary N) is 1. The molecule has 0 spiro atoms. The van der Waals surface area contributed by atoms with Crippen LogP contribution in [0.15, 0.2) is 12.3 Å². The largest absolute Gasteiger partial charge is 0.368 e. The van der Waals surface area contributed by atoms with E-state index in [1.54, 1.807) is 6.07 Å².